The van der Waals surface area contributed by atoms with Gasteiger partial charge in [-0.3, -0.25) is 4.79 Å². The standard InChI is InChI=1S/C21H18F3N3O3/c1-3-10-20(14-5-8-16(30-2)9-6-14)18(28)27(19(29)26-20)15-7-4-13(12-25)17(11-15)21(22,23)24/h4-9,11H,3,10H2,1-2H3,(H,26,29). The lowest BCUT2D eigenvalue weighted by Gasteiger charge is -2.27. The van der Waals surface area contributed by atoms with Gasteiger partial charge in [0.2, 0.25) is 0 Å². The molecule has 0 radical (unpaired) electrons. The number of amides is 3. The molecule has 2 aromatic carbocycles. The van der Waals surface area contributed by atoms with Crippen molar-refractivity contribution in [3.05, 3.63) is 59.2 Å². The number of imide groups is 1. The topological polar surface area (TPSA) is 82.4 Å². The van der Waals surface area contributed by atoms with Crippen molar-refractivity contribution in [3.8, 4) is 11.8 Å². The Labute approximate surface area is 170 Å². The Kier molecular flexibility index (Phi) is 5.44. The summed E-state index contributed by atoms with van der Waals surface area (Å²) in [7, 11) is 1.49. The first kappa shape index (κ1) is 21.2. The van der Waals surface area contributed by atoms with Crippen molar-refractivity contribution in [2.45, 2.75) is 31.5 Å². The van der Waals surface area contributed by atoms with Crippen molar-refractivity contribution in [1.29, 1.82) is 5.26 Å². The van der Waals surface area contributed by atoms with Gasteiger partial charge in [-0.05, 0) is 42.3 Å². The summed E-state index contributed by atoms with van der Waals surface area (Å²) in [5.74, 6) is -0.127. The van der Waals surface area contributed by atoms with E-state index >= 15 is 0 Å². The summed E-state index contributed by atoms with van der Waals surface area (Å²) in [5, 5.41) is 11.6. The summed E-state index contributed by atoms with van der Waals surface area (Å²) < 4.78 is 45.1. The number of nitrogens with one attached hydrogen (secondary N) is 1. The van der Waals surface area contributed by atoms with Crippen LogP contribution in [0.4, 0.5) is 23.7 Å². The van der Waals surface area contributed by atoms with E-state index in [-0.39, 0.29) is 12.1 Å². The first-order valence-electron chi connectivity index (χ1n) is 9.10. The molecule has 1 heterocycles. The Morgan fingerprint density at radius 2 is 1.83 bits per heavy atom. The molecule has 3 amide bonds. The molecule has 6 nitrogen and oxygen atoms in total. The summed E-state index contributed by atoms with van der Waals surface area (Å²) in [4.78, 5) is 26.8. The number of carbonyl (C=O) groups is 2. The monoisotopic (exact) mass is 417 g/mol. The summed E-state index contributed by atoms with van der Waals surface area (Å²) in [6.45, 7) is 1.83. The number of benzene rings is 2. The molecule has 1 unspecified atom stereocenters. The summed E-state index contributed by atoms with van der Waals surface area (Å²) in [6.07, 6.45) is -4.02. The normalized spacial score (nSPS) is 18.9. The maximum absolute atomic E-state index is 13.4. The highest BCUT2D eigenvalue weighted by molar-refractivity contribution is 6.23. The van der Waals surface area contributed by atoms with Crippen molar-refractivity contribution in [2.24, 2.45) is 0 Å². The fraction of sp³-hybridized carbons (Fsp3) is 0.286. The van der Waals surface area contributed by atoms with Crippen LogP contribution in [-0.2, 0) is 16.5 Å². The van der Waals surface area contributed by atoms with E-state index in [1.54, 1.807) is 24.3 Å². The van der Waals surface area contributed by atoms with Crippen molar-refractivity contribution < 1.29 is 27.5 Å². The third kappa shape index (κ3) is 3.45. The first-order chi connectivity index (χ1) is 14.2. The van der Waals surface area contributed by atoms with Crippen molar-refractivity contribution in [2.75, 3.05) is 12.0 Å². The molecule has 1 atom stereocenters. The number of carbonyl (C=O) groups excluding carboxylic acids is 2. The van der Waals surface area contributed by atoms with Gasteiger partial charge < -0.3 is 10.1 Å². The first-order valence-corrected chi connectivity index (χ1v) is 9.10. The molecule has 1 aliphatic heterocycles. The predicted octanol–water partition coefficient (Wildman–Crippen LogP) is 4.34. The number of nitriles is 1. The van der Waals surface area contributed by atoms with Crippen LogP contribution in [-0.4, -0.2) is 19.0 Å². The van der Waals surface area contributed by atoms with E-state index in [4.69, 9.17) is 10.00 Å². The van der Waals surface area contributed by atoms with Gasteiger partial charge >= 0.3 is 12.2 Å². The van der Waals surface area contributed by atoms with Gasteiger partial charge in [0.1, 0.15) is 11.3 Å². The zero-order chi connectivity index (χ0) is 22.1. The van der Waals surface area contributed by atoms with E-state index in [1.807, 2.05) is 6.92 Å². The van der Waals surface area contributed by atoms with Gasteiger partial charge in [0.05, 0.1) is 30.0 Å². The molecule has 1 fully saturated rings. The third-order valence-corrected chi connectivity index (χ3v) is 4.99. The Bertz CT molecular complexity index is 1030. The number of hydrogen-bond donors (Lipinski definition) is 1. The maximum atomic E-state index is 13.4. The van der Waals surface area contributed by atoms with Crippen LogP contribution in [0.3, 0.4) is 0 Å². The smallest absolute Gasteiger partial charge is 0.417 e. The van der Waals surface area contributed by atoms with Crippen LogP contribution in [0.1, 0.15) is 36.5 Å². The predicted molar refractivity (Wildman–Crippen MR) is 102 cm³/mol. The summed E-state index contributed by atoms with van der Waals surface area (Å²) in [6, 6.07) is 9.94. The van der Waals surface area contributed by atoms with Crippen LogP contribution < -0.4 is 15.0 Å². The Morgan fingerprint density at radius 3 is 2.37 bits per heavy atom. The van der Waals surface area contributed by atoms with Gasteiger partial charge in [0, 0.05) is 0 Å². The van der Waals surface area contributed by atoms with Crippen molar-refractivity contribution >= 4 is 17.6 Å². The number of anilines is 1. The maximum Gasteiger partial charge on any atom is 0.417 e. The molecular formula is C21H18F3N3O3. The fourth-order valence-electron chi connectivity index (χ4n) is 3.57. The molecule has 156 valence electrons. The third-order valence-electron chi connectivity index (χ3n) is 4.99. The van der Waals surface area contributed by atoms with Crippen LogP contribution in [0.25, 0.3) is 0 Å². The number of alkyl halides is 3. The molecule has 0 aromatic heterocycles. The number of rotatable bonds is 5. The largest absolute Gasteiger partial charge is 0.497 e. The fourth-order valence-corrected chi connectivity index (χ4v) is 3.57. The van der Waals surface area contributed by atoms with E-state index in [9.17, 15) is 22.8 Å². The van der Waals surface area contributed by atoms with Crippen LogP contribution in [0.5, 0.6) is 5.75 Å². The van der Waals surface area contributed by atoms with E-state index in [2.05, 4.69) is 5.32 Å². The van der Waals surface area contributed by atoms with E-state index in [1.165, 1.54) is 13.2 Å². The highest BCUT2D eigenvalue weighted by Gasteiger charge is 2.52. The van der Waals surface area contributed by atoms with Gasteiger partial charge in [-0.15, -0.1) is 0 Å². The van der Waals surface area contributed by atoms with Crippen molar-refractivity contribution in [1.82, 2.24) is 5.32 Å². The van der Waals surface area contributed by atoms with Crippen molar-refractivity contribution in [3.63, 3.8) is 0 Å². The molecule has 0 bridgehead atoms. The highest BCUT2D eigenvalue weighted by atomic mass is 19.4. The molecule has 1 aliphatic rings. The number of methoxy groups -OCH3 is 1. The average Bonchev–Trinajstić information content (AvgIpc) is 2.97. The van der Waals surface area contributed by atoms with Crippen LogP contribution in [0, 0.1) is 11.3 Å². The second-order valence-corrected chi connectivity index (χ2v) is 6.79. The average molecular weight is 417 g/mol. The lowest BCUT2D eigenvalue weighted by atomic mass is 9.85. The second-order valence-electron chi connectivity index (χ2n) is 6.79. The Morgan fingerprint density at radius 1 is 1.17 bits per heavy atom. The minimum absolute atomic E-state index is 0.253. The number of urea groups is 1. The lowest BCUT2D eigenvalue weighted by Crippen LogP contribution is -2.44. The molecule has 1 N–H and O–H groups in total. The summed E-state index contributed by atoms with van der Waals surface area (Å²) >= 11 is 0. The van der Waals surface area contributed by atoms with E-state index in [0.29, 0.717) is 28.7 Å². The molecule has 0 aliphatic carbocycles. The molecule has 0 saturated carbocycles. The number of hydrogen-bond acceptors (Lipinski definition) is 4. The number of ether oxygens (including phenoxy) is 1. The molecule has 3 rings (SSSR count). The van der Waals surface area contributed by atoms with Crippen LogP contribution in [0.15, 0.2) is 42.5 Å². The Hall–Kier alpha value is -3.54. The molecule has 9 heteroatoms. The summed E-state index contributed by atoms with van der Waals surface area (Å²) in [5.41, 5.74) is -2.97. The molecule has 0 spiro atoms. The molecule has 2 aromatic rings. The highest BCUT2D eigenvalue weighted by Crippen LogP contribution is 2.39. The minimum Gasteiger partial charge on any atom is -0.497 e. The van der Waals surface area contributed by atoms with Gasteiger partial charge in [-0.2, -0.15) is 18.4 Å². The van der Waals surface area contributed by atoms with Crippen LogP contribution in [0.2, 0.25) is 0 Å². The number of halogens is 3. The Balaban J connectivity index is 2.09. The number of nitrogens with zero attached hydrogens (tertiary/aromatic N) is 2. The van der Waals surface area contributed by atoms with Gasteiger partial charge in [0.25, 0.3) is 5.91 Å². The minimum atomic E-state index is -4.81. The quantitative estimate of drug-likeness (QED) is 0.734. The molecule has 30 heavy (non-hydrogen) atoms. The van der Waals surface area contributed by atoms with E-state index in [0.717, 1.165) is 12.1 Å². The zero-order valence-corrected chi connectivity index (χ0v) is 16.2. The molecular weight excluding hydrogens is 399 g/mol. The van der Waals surface area contributed by atoms with Gasteiger partial charge in [-0.1, -0.05) is 25.5 Å². The lowest BCUT2D eigenvalue weighted by molar-refractivity contribution is -0.137. The van der Waals surface area contributed by atoms with E-state index < -0.39 is 34.8 Å². The zero-order valence-electron chi connectivity index (χ0n) is 16.2. The van der Waals surface area contributed by atoms with Gasteiger partial charge in [0.15, 0.2) is 0 Å². The van der Waals surface area contributed by atoms with Crippen LogP contribution >= 0.6 is 0 Å². The second kappa shape index (κ2) is 7.71. The SMILES string of the molecule is CCCC1(c2ccc(OC)cc2)NC(=O)N(c2ccc(C#N)c(C(F)(F)F)c2)C1=O. The van der Waals surface area contributed by atoms with Gasteiger partial charge in [-0.25, -0.2) is 9.69 Å². The molecule has 1 saturated heterocycles.